The Kier molecular flexibility index (Phi) is 4.74. The third-order valence-electron chi connectivity index (χ3n) is 3.52. The predicted octanol–water partition coefficient (Wildman–Crippen LogP) is 0.396. The zero-order valence-corrected chi connectivity index (χ0v) is 11.0. The Morgan fingerprint density at radius 2 is 1.94 bits per heavy atom. The molecule has 1 aliphatic heterocycles. The Balaban J connectivity index is 2.24. The van der Waals surface area contributed by atoms with Gasteiger partial charge in [0.15, 0.2) is 0 Å². The quantitative estimate of drug-likeness (QED) is 0.755. The number of rotatable bonds is 4. The lowest BCUT2D eigenvalue weighted by atomic mass is 9.80. The van der Waals surface area contributed by atoms with Crippen LogP contribution in [0.1, 0.15) is 19.8 Å². The summed E-state index contributed by atoms with van der Waals surface area (Å²) in [6, 6.07) is 0. The summed E-state index contributed by atoms with van der Waals surface area (Å²) < 4.78 is 0. The van der Waals surface area contributed by atoms with Gasteiger partial charge in [0.2, 0.25) is 5.91 Å². The van der Waals surface area contributed by atoms with Crippen LogP contribution in [0.5, 0.6) is 0 Å². The van der Waals surface area contributed by atoms with E-state index in [0.29, 0.717) is 12.0 Å². The van der Waals surface area contributed by atoms with E-state index < -0.39 is 0 Å². The summed E-state index contributed by atoms with van der Waals surface area (Å²) in [6.45, 7) is 6.05. The van der Waals surface area contributed by atoms with Crippen LogP contribution >= 0.6 is 0 Å². The molecule has 1 heterocycles. The van der Waals surface area contributed by atoms with E-state index in [0.717, 1.165) is 6.54 Å². The smallest absolute Gasteiger partial charge is 0.236 e. The first-order valence-corrected chi connectivity index (χ1v) is 6.02. The third-order valence-corrected chi connectivity index (χ3v) is 3.52. The highest BCUT2D eigenvalue weighted by atomic mass is 16.2. The summed E-state index contributed by atoms with van der Waals surface area (Å²) >= 11 is 0. The van der Waals surface area contributed by atoms with E-state index in [1.54, 1.807) is 19.0 Å². The lowest BCUT2D eigenvalue weighted by Gasteiger charge is -2.38. The van der Waals surface area contributed by atoms with Gasteiger partial charge < -0.3 is 15.1 Å². The monoisotopic (exact) mass is 227 g/mol. The molecular formula is C12H25N3O. The van der Waals surface area contributed by atoms with Gasteiger partial charge in [0.1, 0.15) is 0 Å². The molecule has 4 heteroatoms. The second-order valence-corrected chi connectivity index (χ2v) is 5.51. The van der Waals surface area contributed by atoms with Crippen LogP contribution in [-0.2, 0) is 4.79 Å². The van der Waals surface area contributed by atoms with Gasteiger partial charge in [-0.1, -0.05) is 6.92 Å². The number of piperidine rings is 1. The van der Waals surface area contributed by atoms with Gasteiger partial charge in [-0.15, -0.1) is 0 Å². The summed E-state index contributed by atoms with van der Waals surface area (Å²) in [5, 5.41) is 3.28. The largest absolute Gasteiger partial charge is 0.348 e. The molecule has 94 valence electrons. The number of hydrogen-bond acceptors (Lipinski definition) is 3. The average Bonchev–Trinajstić information content (AvgIpc) is 2.23. The molecule has 0 bridgehead atoms. The second-order valence-electron chi connectivity index (χ2n) is 5.51. The van der Waals surface area contributed by atoms with E-state index >= 15 is 0 Å². The van der Waals surface area contributed by atoms with Crippen LogP contribution < -0.4 is 5.32 Å². The fraction of sp³-hybridized carbons (Fsp3) is 0.917. The van der Waals surface area contributed by atoms with Crippen LogP contribution in [0.2, 0.25) is 0 Å². The third kappa shape index (κ3) is 4.10. The van der Waals surface area contributed by atoms with E-state index in [2.05, 4.69) is 24.2 Å². The van der Waals surface area contributed by atoms with Gasteiger partial charge in [0, 0.05) is 20.6 Å². The molecule has 1 saturated heterocycles. The summed E-state index contributed by atoms with van der Waals surface area (Å²) in [4.78, 5) is 15.4. The Morgan fingerprint density at radius 1 is 1.38 bits per heavy atom. The minimum atomic E-state index is 0.150. The van der Waals surface area contributed by atoms with Crippen molar-refractivity contribution in [2.24, 2.45) is 5.41 Å². The highest BCUT2D eigenvalue weighted by Gasteiger charge is 2.28. The van der Waals surface area contributed by atoms with Gasteiger partial charge >= 0.3 is 0 Å². The van der Waals surface area contributed by atoms with Crippen molar-refractivity contribution in [2.75, 3.05) is 47.3 Å². The van der Waals surface area contributed by atoms with Crippen LogP contribution in [0.25, 0.3) is 0 Å². The molecule has 1 rings (SSSR count). The van der Waals surface area contributed by atoms with E-state index in [4.69, 9.17) is 0 Å². The Bertz CT molecular complexity index is 232. The van der Waals surface area contributed by atoms with Crippen molar-refractivity contribution in [1.29, 1.82) is 0 Å². The van der Waals surface area contributed by atoms with Crippen LogP contribution in [0.3, 0.4) is 0 Å². The molecule has 0 spiro atoms. The first-order chi connectivity index (χ1) is 7.43. The van der Waals surface area contributed by atoms with Crippen molar-refractivity contribution in [1.82, 2.24) is 15.1 Å². The van der Waals surface area contributed by atoms with Crippen LogP contribution in [0, 0.1) is 5.41 Å². The minimum Gasteiger partial charge on any atom is -0.348 e. The number of likely N-dealkylation sites (N-methyl/N-ethyl adjacent to an activating group) is 1. The molecule has 0 radical (unpaired) electrons. The molecule has 0 aromatic heterocycles. The van der Waals surface area contributed by atoms with E-state index in [1.807, 2.05) is 0 Å². The van der Waals surface area contributed by atoms with Crippen molar-refractivity contribution in [2.45, 2.75) is 19.8 Å². The maximum atomic E-state index is 11.4. The number of hydrogen-bond donors (Lipinski definition) is 1. The maximum Gasteiger partial charge on any atom is 0.236 e. The molecule has 1 N–H and O–H groups in total. The van der Waals surface area contributed by atoms with Gasteiger partial charge in [-0.2, -0.15) is 0 Å². The first-order valence-electron chi connectivity index (χ1n) is 6.02. The Morgan fingerprint density at radius 3 is 2.44 bits per heavy atom. The molecule has 1 amide bonds. The van der Waals surface area contributed by atoms with E-state index in [-0.39, 0.29) is 5.91 Å². The van der Waals surface area contributed by atoms with E-state index in [9.17, 15) is 4.79 Å². The second kappa shape index (κ2) is 5.64. The van der Waals surface area contributed by atoms with Gasteiger partial charge in [-0.05, 0) is 38.4 Å². The van der Waals surface area contributed by atoms with Crippen molar-refractivity contribution in [3.8, 4) is 0 Å². The SMILES string of the molecule is CN1CCC(C)(CNCC(=O)N(C)C)CC1. The van der Waals surface area contributed by atoms with Crippen molar-refractivity contribution in [3.63, 3.8) is 0 Å². The number of amides is 1. The minimum absolute atomic E-state index is 0.150. The molecular weight excluding hydrogens is 202 g/mol. The summed E-state index contributed by atoms with van der Waals surface area (Å²) in [7, 11) is 5.76. The lowest BCUT2D eigenvalue weighted by molar-refractivity contribution is -0.127. The fourth-order valence-electron chi connectivity index (χ4n) is 1.96. The van der Waals surface area contributed by atoms with Gasteiger partial charge in [-0.25, -0.2) is 0 Å². The Hall–Kier alpha value is -0.610. The fourth-order valence-corrected chi connectivity index (χ4v) is 1.96. The lowest BCUT2D eigenvalue weighted by Crippen LogP contribution is -2.44. The summed E-state index contributed by atoms with van der Waals surface area (Å²) in [6.07, 6.45) is 2.43. The number of likely N-dealkylation sites (tertiary alicyclic amines) is 1. The number of carbonyl (C=O) groups excluding carboxylic acids is 1. The average molecular weight is 227 g/mol. The molecule has 0 unspecified atom stereocenters. The predicted molar refractivity (Wildman–Crippen MR) is 66.4 cm³/mol. The van der Waals surface area contributed by atoms with Gasteiger partial charge in [-0.3, -0.25) is 4.79 Å². The number of carbonyl (C=O) groups is 1. The van der Waals surface area contributed by atoms with Crippen LogP contribution in [0.4, 0.5) is 0 Å². The molecule has 0 atom stereocenters. The molecule has 0 aliphatic carbocycles. The molecule has 0 saturated carbocycles. The van der Waals surface area contributed by atoms with Crippen molar-refractivity contribution < 1.29 is 4.79 Å². The highest BCUT2D eigenvalue weighted by Crippen LogP contribution is 2.29. The zero-order valence-electron chi connectivity index (χ0n) is 11.0. The molecule has 0 aromatic rings. The van der Waals surface area contributed by atoms with Crippen molar-refractivity contribution in [3.05, 3.63) is 0 Å². The van der Waals surface area contributed by atoms with Gasteiger partial charge in [0.05, 0.1) is 6.54 Å². The number of nitrogens with one attached hydrogen (secondary N) is 1. The zero-order chi connectivity index (χ0) is 12.2. The van der Waals surface area contributed by atoms with E-state index in [1.165, 1.54) is 25.9 Å². The van der Waals surface area contributed by atoms with Crippen molar-refractivity contribution >= 4 is 5.91 Å². The summed E-state index contributed by atoms with van der Waals surface area (Å²) in [5.74, 6) is 0.150. The Labute approximate surface area is 99.0 Å². The molecule has 4 nitrogen and oxygen atoms in total. The molecule has 16 heavy (non-hydrogen) atoms. The van der Waals surface area contributed by atoms with Crippen LogP contribution in [-0.4, -0.2) is 63.0 Å². The topological polar surface area (TPSA) is 35.6 Å². The molecule has 1 aliphatic rings. The van der Waals surface area contributed by atoms with Gasteiger partial charge in [0.25, 0.3) is 0 Å². The van der Waals surface area contributed by atoms with Crippen LogP contribution in [0.15, 0.2) is 0 Å². The molecule has 0 aromatic carbocycles. The first kappa shape index (κ1) is 13.5. The highest BCUT2D eigenvalue weighted by molar-refractivity contribution is 5.77. The number of nitrogens with zero attached hydrogens (tertiary/aromatic N) is 2. The maximum absolute atomic E-state index is 11.4. The standard InChI is InChI=1S/C12H25N3O/c1-12(5-7-15(4)8-6-12)10-13-9-11(16)14(2)3/h13H,5-10H2,1-4H3. The normalized spacial score (nSPS) is 20.8. The molecule has 1 fully saturated rings. The summed E-state index contributed by atoms with van der Waals surface area (Å²) in [5.41, 5.74) is 0.360.